The van der Waals surface area contributed by atoms with E-state index in [2.05, 4.69) is 62.5 Å². The van der Waals surface area contributed by atoms with E-state index in [0.717, 1.165) is 64.2 Å². The van der Waals surface area contributed by atoms with E-state index >= 15 is 0 Å². The molecule has 0 aliphatic rings. The van der Waals surface area contributed by atoms with Gasteiger partial charge in [-0.15, -0.1) is 0 Å². The topological polar surface area (TPSA) is 91.3 Å². The quantitative estimate of drug-likeness (QED) is 0.0219. The fourth-order valence-electron chi connectivity index (χ4n) is 5.56. The number of quaternary nitrogens is 1. The molecule has 9 heteroatoms. The van der Waals surface area contributed by atoms with Crippen molar-refractivity contribution in [2.24, 2.45) is 0 Å². The van der Waals surface area contributed by atoms with Crippen LogP contribution in [0.1, 0.15) is 168 Å². The van der Waals surface area contributed by atoms with Crippen LogP contribution < -0.4 is 0 Å². The van der Waals surface area contributed by atoms with Gasteiger partial charge >= 0.3 is 13.8 Å². The van der Waals surface area contributed by atoms with Crippen LogP contribution in [-0.4, -0.2) is 75.6 Å². The molecule has 2 unspecified atom stereocenters. The Morgan fingerprint density at radius 2 is 1.09 bits per heavy atom. The van der Waals surface area contributed by atoms with Gasteiger partial charge in [0.05, 0.1) is 34.4 Å². The number of carbonyl (C=O) groups is 1. The molecule has 0 radical (unpaired) electrons. The van der Waals surface area contributed by atoms with E-state index < -0.39 is 13.9 Å². The molecule has 310 valence electrons. The summed E-state index contributed by atoms with van der Waals surface area (Å²) in [5, 5.41) is 0. The fraction of sp³-hybridized carbons (Fsp3) is 0.795. The molecule has 0 saturated heterocycles. The lowest BCUT2D eigenvalue weighted by atomic mass is 10.1. The molecule has 0 rings (SSSR count). The lowest BCUT2D eigenvalue weighted by molar-refractivity contribution is -0.870. The van der Waals surface area contributed by atoms with E-state index in [9.17, 15) is 14.3 Å². The average molecular weight is 769 g/mol. The Labute approximate surface area is 327 Å². The molecule has 1 N–H and O–H groups in total. The van der Waals surface area contributed by atoms with Crippen molar-refractivity contribution in [3.63, 3.8) is 0 Å². The zero-order valence-electron chi connectivity index (χ0n) is 35.0. The summed E-state index contributed by atoms with van der Waals surface area (Å²) in [7, 11) is 1.65. The summed E-state index contributed by atoms with van der Waals surface area (Å²) in [6.07, 6.45) is 44.2. The lowest BCUT2D eigenvalue weighted by Gasteiger charge is -2.24. The van der Waals surface area contributed by atoms with Gasteiger partial charge in [-0.2, -0.15) is 0 Å². The SMILES string of the molecule is CC/C=C\C/C=C\C/C=C\CCCCCCCCCCOCC(COP(=O)(O)OCC[N+](C)(C)C)OC(=O)CCCCCCC/C=C\CCCCCC. The second-order valence-corrected chi connectivity index (χ2v) is 16.8. The van der Waals surface area contributed by atoms with Gasteiger partial charge in [0.1, 0.15) is 19.3 Å². The Bertz CT molecular complexity index is 989. The molecule has 0 aromatic carbocycles. The number of unbranched alkanes of at least 4 members (excludes halogenated alkanes) is 17. The maximum absolute atomic E-state index is 12.7. The van der Waals surface area contributed by atoms with E-state index in [1.54, 1.807) is 0 Å². The van der Waals surface area contributed by atoms with E-state index in [-0.39, 0.29) is 25.8 Å². The highest BCUT2D eigenvalue weighted by molar-refractivity contribution is 7.47. The van der Waals surface area contributed by atoms with Gasteiger partial charge in [-0.25, -0.2) is 4.57 Å². The summed E-state index contributed by atoms with van der Waals surface area (Å²) in [6.45, 7) is 5.46. The molecule has 0 aliphatic heterocycles. The standard InChI is InChI=1S/C44H82NO7P/c1-6-8-10-12-14-16-18-20-21-22-23-24-26-28-30-32-34-36-39-49-41-43(42-51-53(47,48)50-40-38-45(3,4)5)52-44(46)37-35-33-31-29-27-25-19-17-15-13-11-9-7-2/h8,10,14,16-17,19-21,43H,6-7,9,11-13,15,18,22-42H2,1-5H3/p+1/b10-8-,16-14-,19-17-,21-20-. The third-order valence-corrected chi connectivity index (χ3v) is 9.86. The third kappa shape index (κ3) is 41.5. The van der Waals surface area contributed by atoms with Crippen LogP contribution >= 0.6 is 7.82 Å². The van der Waals surface area contributed by atoms with E-state index in [1.165, 1.54) is 83.5 Å². The number of allylic oxidation sites excluding steroid dienone is 8. The van der Waals surface area contributed by atoms with Crippen LogP contribution in [0.3, 0.4) is 0 Å². The molecule has 8 nitrogen and oxygen atoms in total. The molecule has 0 aromatic rings. The highest BCUT2D eigenvalue weighted by atomic mass is 31.2. The smallest absolute Gasteiger partial charge is 0.457 e. The van der Waals surface area contributed by atoms with Crippen molar-refractivity contribution >= 4 is 13.8 Å². The summed E-state index contributed by atoms with van der Waals surface area (Å²) in [4.78, 5) is 22.8. The Morgan fingerprint density at radius 1 is 0.604 bits per heavy atom. The maximum atomic E-state index is 12.7. The van der Waals surface area contributed by atoms with Gasteiger partial charge in [0.25, 0.3) is 0 Å². The number of rotatable bonds is 39. The van der Waals surface area contributed by atoms with Crippen molar-refractivity contribution in [2.75, 3.05) is 54.1 Å². The highest BCUT2D eigenvalue weighted by Crippen LogP contribution is 2.43. The van der Waals surface area contributed by atoms with Crippen molar-refractivity contribution in [3.8, 4) is 0 Å². The van der Waals surface area contributed by atoms with Crippen LogP contribution in [0.5, 0.6) is 0 Å². The van der Waals surface area contributed by atoms with Crippen molar-refractivity contribution in [1.82, 2.24) is 0 Å². The Morgan fingerprint density at radius 3 is 1.66 bits per heavy atom. The number of phosphoric acid groups is 1. The van der Waals surface area contributed by atoms with Crippen molar-refractivity contribution in [3.05, 3.63) is 48.6 Å². The summed E-state index contributed by atoms with van der Waals surface area (Å²) in [5.74, 6) is -0.328. The van der Waals surface area contributed by atoms with Crippen LogP contribution in [0, 0.1) is 0 Å². The van der Waals surface area contributed by atoms with Crippen molar-refractivity contribution in [2.45, 2.75) is 174 Å². The zero-order valence-corrected chi connectivity index (χ0v) is 35.9. The summed E-state index contributed by atoms with van der Waals surface area (Å²) < 4.78 is 34.9. The van der Waals surface area contributed by atoms with Gasteiger partial charge in [-0.1, -0.05) is 140 Å². The highest BCUT2D eigenvalue weighted by Gasteiger charge is 2.26. The second kappa shape index (κ2) is 37.4. The number of ether oxygens (including phenoxy) is 2. The molecule has 0 fully saturated rings. The van der Waals surface area contributed by atoms with Gasteiger partial charge in [-0.05, 0) is 70.6 Å². The van der Waals surface area contributed by atoms with Crippen LogP contribution in [0.2, 0.25) is 0 Å². The number of phosphoric ester groups is 1. The predicted molar refractivity (Wildman–Crippen MR) is 224 cm³/mol. The Hall–Kier alpha value is -1.54. The minimum atomic E-state index is -4.28. The van der Waals surface area contributed by atoms with Crippen molar-refractivity contribution in [1.29, 1.82) is 0 Å². The predicted octanol–water partition coefficient (Wildman–Crippen LogP) is 12.4. The van der Waals surface area contributed by atoms with E-state index in [4.69, 9.17) is 18.5 Å². The molecule has 2 atom stereocenters. The molecule has 0 heterocycles. The molecular weight excluding hydrogens is 685 g/mol. The van der Waals surface area contributed by atoms with Crippen LogP contribution in [0.4, 0.5) is 0 Å². The van der Waals surface area contributed by atoms with E-state index in [0.29, 0.717) is 24.1 Å². The molecule has 0 amide bonds. The van der Waals surface area contributed by atoms with Gasteiger partial charge in [0.2, 0.25) is 0 Å². The first-order valence-electron chi connectivity index (χ1n) is 21.4. The molecule has 53 heavy (non-hydrogen) atoms. The maximum Gasteiger partial charge on any atom is 0.472 e. The van der Waals surface area contributed by atoms with Crippen LogP contribution in [0.25, 0.3) is 0 Å². The normalized spacial score (nSPS) is 14.3. The summed E-state index contributed by atoms with van der Waals surface area (Å²) in [5.41, 5.74) is 0. The second-order valence-electron chi connectivity index (χ2n) is 15.3. The minimum Gasteiger partial charge on any atom is -0.457 e. The average Bonchev–Trinajstić information content (AvgIpc) is 3.11. The number of carbonyl (C=O) groups excluding carboxylic acids is 1. The number of hydrogen-bond acceptors (Lipinski definition) is 6. The number of hydrogen-bond donors (Lipinski definition) is 1. The Balaban J connectivity index is 4.25. The monoisotopic (exact) mass is 769 g/mol. The first-order valence-corrected chi connectivity index (χ1v) is 22.9. The van der Waals surface area contributed by atoms with Gasteiger partial charge in [0, 0.05) is 13.0 Å². The summed E-state index contributed by atoms with van der Waals surface area (Å²) >= 11 is 0. The first kappa shape index (κ1) is 51.5. The number of nitrogens with zero attached hydrogens (tertiary/aromatic N) is 1. The number of likely N-dealkylation sites (N-methyl/N-ethyl adjacent to an activating group) is 1. The third-order valence-electron chi connectivity index (χ3n) is 8.87. The largest absolute Gasteiger partial charge is 0.472 e. The fourth-order valence-corrected chi connectivity index (χ4v) is 6.30. The van der Waals surface area contributed by atoms with Gasteiger partial charge in [-0.3, -0.25) is 13.8 Å². The lowest BCUT2D eigenvalue weighted by Crippen LogP contribution is -2.37. The van der Waals surface area contributed by atoms with E-state index in [1.807, 2.05) is 21.1 Å². The van der Waals surface area contributed by atoms with Crippen LogP contribution in [0.15, 0.2) is 48.6 Å². The van der Waals surface area contributed by atoms with Gasteiger partial charge < -0.3 is 18.9 Å². The molecule has 0 aliphatic carbocycles. The molecule has 0 aromatic heterocycles. The molecule has 0 bridgehead atoms. The first-order chi connectivity index (χ1) is 25.6. The minimum absolute atomic E-state index is 0.0840. The molecule has 0 saturated carbocycles. The van der Waals surface area contributed by atoms with Crippen molar-refractivity contribution < 1.29 is 37.3 Å². The molecule has 0 spiro atoms. The molecular formula is C44H83NO7P+. The Kier molecular flexibility index (Phi) is 36.3. The van der Waals surface area contributed by atoms with Crippen LogP contribution in [-0.2, 0) is 27.9 Å². The number of esters is 1. The summed E-state index contributed by atoms with van der Waals surface area (Å²) in [6, 6.07) is 0. The van der Waals surface area contributed by atoms with Gasteiger partial charge in [0.15, 0.2) is 0 Å². The zero-order chi connectivity index (χ0) is 39.1.